The number of nitrogens with zero attached hydrogens (tertiary/aromatic N) is 2. The van der Waals surface area contributed by atoms with Crippen LogP contribution in [0.25, 0.3) is 0 Å². The van der Waals surface area contributed by atoms with Gasteiger partial charge < -0.3 is 14.9 Å². The van der Waals surface area contributed by atoms with Gasteiger partial charge in [0.1, 0.15) is 6.54 Å². The van der Waals surface area contributed by atoms with Gasteiger partial charge in [-0.2, -0.15) is 0 Å². The molecule has 2 fully saturated rings. The third kappa shape index (κ3) is 4.11. The first-order valence-electron chi connectivity index (χ1n) is 8.26. The van der Waals surface area contributed by atoms with E-state index >= 15 is 0 Å². The highest BCUT2D eigenvalue weighted by Gasteiger charge is 2.33. The summed E-state index contributed by atoms with van der Waals surface area (Å²) in [6, 6.07) is 0.0583. The van der Waals surface area contributed by atoms with Gasteiger partial charge in [0.25, 0.3) is 0 Å². The number of carbonyl (C=O) groups excluding carboxylic acids is 1. The minimum atomic E-state index is -0.910. The molecule has 0 unspecified atom stereocenters. The van der Waals surface area contributed by atoms with Crippen LogP contribution in [0.4, 0.5) is 4.79 Å². The Labute approximate surface area is 127 Å². The fourth-order valence-corrected chi connectivity index (χ4v) is 3.65. The second kappa shape index (κ2) is 7.14. The van der Waals surface area contributed by atoms with Crippen LogP contribution >= 0.6 is 0 Å². The topological polar surface area (TPSA) is 60.9 Å². The first-order valence-corrected chi connectivity index (χ1v) is 8.26. The molecule has 1 saturated heterocycles. The molecule has 5 heteroatoms. The Balaban J connectivity index is 1.96. The van der Waals surface area contributed by atoms with Gasteiger partial charge in [-0.25, -0.2) is 4.79 Å². The maximum Gasteiger partial charge on any atom is 0.323 e. The van der Waals surface area contributed by atoms with E-state index in [-0.39, 0.29) is 18.6 Å². The van der Waals surface area contributed by atoms with Gasteiger partial charge in [-0.3, -0.25) is 4.79 Å². The van der Waals surface area contributed by atoms with Crippen molar-refractivity contribution in [3.8, 4) is 0 Å². The van der Waals surface area contributed by atoms with Gasteiger partial charge in [0, 0.05) is 19.1 Å². The summed E-state index contributed by atoms with van der Waals surface area (Å²) in [5.74, 6) is 0.438. The molecule has 1 N–H and O–H groups in total. The van der Waals surface area contributed by atoms with E-state index in [0.29, 0.717) is 11.8 Å². The number of urea groups is 1. The summed E-state index contributed by atoms with van der Waals surface area (Å²) < 4.78 is 0. The molecule has 0 bridgehead atoms. The third-order valence-electron chi connectivity index (χ3n) is 5.07. The summed E-state index contributed by atoms with van der Waals surface area (Å²) in [6.07, 6.45) is 6.17. The normalized spacial score (nSPS) is 21.0. The summed E-state index contributed by atoms with van der Waals surface area (Å²) in [6.45, 7) is 5.84. The molecule has 1 heterocycles. The van der Waals surface area contributed by atoms with Crippen LogP contribution in [0, 0.1) is 11.8 Å². The molecule has 0 aromatic heterocycles. The lowest BCUT2D eigenvalue weighted by Gasteiger charge is -2.38. The molecule has 1 saturated carbocycles. The second-order valence-electron chi connectivity index (χ2n) is 6.81. The van der Waals surface area contributed by atoms with Crippen molar-refractivity contribution in [1.82, 2.24) is 9.80 Å². The summed E-state index contributed by atoms with van der Waals surface area (Å²) >= 11 is 0. The van der Waals surface area contributed by atoms with Crippen molar-refractivity contribution in [3.63, 3.8) is 0 Å². The zero-order valence-corrected chi connectivity index (χ0v) is 13.3. The number of carboxylic acid groups (broad SMARTS) is 1. The van der Waals surface area contributed by atoms with E-state index in [1.807, 2.05) is 4.90 Å². The Morgan fingerprint density at radius 1 is 1.14 bits per heavy atom. The van der Waals surface area contributed by atoms with Gasteiger partial charge in [-0.05, 0) is 37.5 Å². The van der Waals surface area contributed by atoms with E-state index in [1.165, 1.54) is 0 Å². The lowest BCUT2D eigenvalue weighted by Crippen LogP contribution is -2.51. The molecule has 0 spiro atoms. The number of piperidine rings is 1. The van der Waals surface area contributed by atoms with E-state index in [4.69, 9.17) is 5.11 Å². The molecule has 2 amide bonds. The molecule has 0 atom stereocenters. The van der Waals surface area contributed by atoms with Crippen LogP contribution in [-0.2, 0) is 4.79 Å². The molecule has 0 aromatic rings. The number of amides is 2. The van der Waals surface area contributed by atoms with Gasteiger partial charge in [0.2, 0.25) is 0 Å². The molecule has 2 aliphatic rings. The summed E-state index contributed by atoms with van der Waals surface area (Å²) in [4.78, 5) is 27.2. The summed E-state index contributed by atoms with van der Waals surface area (Å²) in [5, 5.41) is 9.09. The maximum absolute atomic E-state index is 12.7. The van der Waals surface area contributed by atoms with Gasteiger partial charge in [0.15, 0.2) is 0 Å². The first-order chi connectivity index (χ1) is 9.99. The number of rotatable bonds is 4. The smallest absolute Gasteiger partial charge is 0.323 e. The van der Waals surface area contributed by atoms with Gasteiger partial charge >= 0.3 is 12.0 Å². The number of carboxylic acids is 1. The van der Waals surface area contributed by atoms with E-state index in [0.717, 1.165) is 51.6 Å². The van der Waals surface area contributed by atoms with Crippen LogP contribution in [0.3, 0.4) is 0 Å². The summed E-state index contributed by atoms with van der Waals surface area (Å²) in [7, 11) is 0. The molecule has 0 aromatic carbocycles. The highest BCUT2D eigenvalue weighted by molar-refractivity contribution is 5.80. The Kier molecular flexibility index (Phi) is 5.48. The molecule has 21 heavy (non-hydrogen) atoms. The monoisotopic (exact) mass is 296 g/mol. The highest BCUT2D eigenvalue weighted by atomic mass is 16.4. The molecule has 1 aliphatic heterocycles. The van der Waals surface area contributed by atoms with Crippen LogP contribution in [0.5, 0.6) is 0 Å². The largest absolute Gasteiger partial charge is 0.480 e. The average molecular weight is 296 g/mol. The standard InChI is InChI=1S/C16H28N2O3/c1-12(2)13-7-9-17(10-8-13)16(21)18(11-15(19)20)14-5-3-4-6-14/h12-14H,3-11H2,1-2H3,(H,19,20). The van der Waals surface area contributed by atoms with Crippen molar-refractivity contribution in [1.29, 1.82) is 0 Å². The quantitative estimate of drug-likeness (QED) is 0.867. The third-order valence-corrected chi connectivity index (χ3v) is 5.07. The second-order valence-corrected chi connectivity index (χ2v) is 6.81. The Morgan fingerprint density at radius 2 is 1.71 bits per heavy atom. The maximum atomic E-state index is 12.7. The lowest BCUT2D eigenvalue weighted by molar-refractivity contribution is -0.138. The average Bonchev–Trinajstić information content (AvgIpc) is 2.98. The number of hydrogen-bond acceptors (Lipinski definition) is 2. The van der Waals surface area contributed by atoms with Crippen molar-refractivity contribution >= 4 is 12.0 Å². The van der Waals surface area contributed by atoms with E-state index in [1.54, 1.807) is 4.90 Å². The van der Waals surface area contributed by atoms with Crippen LogP contribution in [-0.4, -0.2) is 52.6 Å². The van der Waals surface area contributed by atoms with Gasteiger partial charge in [0.05, 0.1) is 0 Å². The number of aliphatic carboxylic acids is 1. The van der Waals surface area contributed by atoms with Gasteiger partial charge in [-0.15, -0.1) is 0 Å². The van der Waals surface area contributed by atoms with Crippen LogP contribution in [0.1, 0.15) is 52.4 Å². The zero-order valence-electron chi connectivity index (χ0n) is 13.3. The molecule has 1 aliphatic carbocycles. The molecule has 120 valence electrons. The molecular formula is C16H28N2O3. The van der Waals surface area contributed by atoms with Crippen molar-refractivity contribution in [2.45, 2.75) is 58.4 Å². The van der Waals surface area contributed by atoms with Crippen LogP contribution in [0.15, 0.2) is 0 Å². The van der Waals surface area contributed by atoms with Crippen molar-refractivity contribution in [2.24, 2.45) is 11.8 Å². The molecule has 0 radical (unpaired) electrons. The predicted molar refractivity (Wildman–Crippen MR) is 81.1 cm³/mol. The van der Waals surface area contributed by atoms with Crippen molar-refractivity contribution < 1.29 is 14.7 Å². The highest BCUT2D eigenvalue weighted by Crippen LogP contribution is 2.28. The fraction of sp³-hybridized carbons (Fsp3) is 0.875. The van der Waals surface area contributed by atoms with Crippen LogP contribution in [0.2, 0.25) is 0 Å². The number of hydrogen-bond donors (Lipinski definition) is 1. The minimum Gasteiger partial charge on any atom is -0.480 e. The lowest BCUT2D eigenvalue weighted by atomic mass is 9.87. The number of likely N-dealkylation sites (tertiary alicyclic amines) is 1. The Morgan fingerprint density at radius 3 is 2.19 bits per heavy atom. The summed E-state index contributed by atoms with van der Waals surface area (Å²) in [5.41, 5.74) is 0. The van der Waals surface area contributed by atoms with E-state index in [2.05, 4.69) is 13.8 Å². The number of carbonyl (C=O) groups is 2. The fourth-order valence-electron chi connectivity index (χ4n) is 3.65. The van der Waals surface area contributed by atoms with Crippen molar-refractivity contribution in [3.05, 3.63) is 0 Å². The zero-order chi connectivity index (χ0) is 15.4. The molecular weight excluding hydrogens is 268 g/mol. The van der Waals surface area contributed by atoms with E-state index < -0.39 is 5.97 Å². The van der Waals surface area contributed by atoms with Crippen molar-refractivity contribution in [2.75, 3.05) is 19.6 Å². The molecule has 2 rings (SSSR count). The molecule has 5 nitrogen and oxygen atoms in total. The Bertz CT molecular complexity index is 370. The van der Waals surface area contributed by atoms with Crippen LogP contribution < -0.4 is 0 Å². The predicted octanol–water partition coefficient (Wildman–Crippen LogP) is 2.80. The SMILES string of the molecule is CC(C)C1CCN(C(=O)N(CC(=O)O)C2CCCC2)CC1. The first kappa shape index (κ1) is 16.1. The van der Waals surface area contributed by atoms with Gasteiger partial charge in [-0.1, -0.05) is 26.7 Å². The van der Waals surface area contributed by atoms with E-state index in [9.17, 15) is 9.59 Å². The minimum absolute atomic E-state index is 0.0634. The Hall–Kier alpha value is -1.26.